The molecule has 3 rings (SSSR count). The average molecular weight is 366 g/mol. The number of carbonyl (C=O) groups excluding carboxylic acids is 1. The number of benzene rings is 1. The molecule has 2 aromatic rings. The molecule has 1 unspecified atom stereocenters. The average Bonchev–Trinajstić information content (AvgIpc) is 2.95. The molecule has 8 heteroatoms. The first-order valence-electron chi connectivity index (χ1n) is 8.54. The molecule has 1 amide bonds. The van der Waals surface area contributed by atoms with Crippen molar-refractivity contribution in [3.8, 4) is 5.69 Å². The van der Waals surface area contributed by atoms with Gasteiger partial charge in [0.2, 0.25) is 5.91 Å². The zero-order valence-corrected chi connectivity index (χ0v) is 14.5. The van der Waals surface area contributed by atoms with E-state index in [1.807, 2.05) is 37.3 Å². The molecule has 26 heavy (non-hydrogen) atoms. The van der Waals surface area contributed by atoms with E-state index in [0.717, 1.165) is 11.4 Å². The highest BCUT2D eigenvalue weighted by Crippen LogP contribution is 2.33. The van der Waals surface area contributed by atoms with Gasteiger partial charge in [-0.25, -0.2) is 4.68 Å². The molecule has 0 radical (unpaired) electrons. The largest absolute Gasteiger partial charge is 0.393 e. The standard InChI is InChI=1S/C18H21F3N4O/c1-13-10-16(25(23-13)15-7-3-2-4-8-15)22-17(26)12-24-9-5-6-14(11-24)18(19,20)21/h2-4,7-8,10,14H,5-6,9,11-12H2,1H3,(H,22,26). The summed E-state index contributed by atoms with van der Waals surface area (Å²) < 4.78 is 40.3. The Morgan fingerprint density at radius 3 is 2.73 bits per heavy atom. The number of carbonyl (C=O) groups is 1. The van der Waals surface area contributed by atoms with Crippen LogP contribution in [0.25, 0.3) is 5.69 Å². The van der Waals surface area contributed by atoms with E-state index in [-0.39, 0.29) is 25.4 Å². The smallest absolute Gasteiger partial charge is 0.309 e. The van der Waals surface area contributed by atoms with Gasteiger partial charge < -0.3 is 5.32 Å². The Morgan fingerprint density at radius 1 is 1.31 bits per heavy atom. The molecule has 1 aromatic heterocycles. The normalized spacial score (nSPS) is 18.7. The van der Waals surface area contributed by atoms with Crippen LogP contribution >= 0.6 is 0 Å². The maximum Gasteiger partial charge on any atom is 0.393 e. The van der Waals surface area contributed by atoms with Gasteiger partial charge in [-0.15, -0.1) is 0 Å². The number of aromatic nitrogens is 2. The number of hydrogen-bond acceptors (Lipinski definition) is 3. The van der Waals surface area contributed by atoms with Crippen LogP contribution in [0, 0.1) is 12.8 Å². The second kappa shape index (κ2) is 7.49. The predicted molar refractivity (Wildman–Crippen MR) is 92.1 cm³/mol. The molecular formula is C18H21F3N4O. The molecule has 5 nitrogen and oxygen atoms in total. The van der Waals surface area contributed by atoms with Crippen molar-refractivity contribution in [3.63, 3.8) is 0 Å². The summed E-state index contributed by atoms with van der Waals surface area (Å²) in [4.78, 5) is 13.9. The fourth-order valence-corrected chi connectivity index (χ4v) is 3.21. The molecule has 1 N–H and O–H groups in total. The Hall–Kier alpha value is -2.35. The third-order valence-corrected chi connectivity index (χ3v) is 4.44. The summed E-state index contributed by atoms with van der Waals surface area (Å²) in [5, 5.41) is 7.13. The summed E-state index contributed by atoms with van der Waals surface area (Å²) in [5.74, 6) is -1.20. The van der Waals surface area contributed by atoms with Gasteiger partial charge in [-0.1, -0.05) is 18.2 Å². The van der Waals surface area contributed by atoms with Crippen LogP contribution in [0.3, 0.4) is 0 Å². The Balaban J connectivity index is 1.66. The van der Waals surface area contributed by atoms with Gasteiger partial charge in [-0.05, 0) is 38.4 Å². The van der Waals surface area contributed by atoms with Gasteiger partial charge in [-0.3, -0.25) is 9.69 Å². The lowest BCUT2D eigenvalue weighted by Gasteiger charge is -2.33. The Bertz CT molecular complexity index is 758. The van der Waals surface area contributed by atoms with E-state index >= 15 is 0 Å². The summed E-state index contributed by atoms with van der Waals surface area (Å²) in [6.07, 6.45) is -3.64. The van der Waals surface area contributed by atoms with Gasteiger partial charge in [0.05, 0.1) is 23.8 Å². The van der Waals surface area contributed by atoms with Crippen LogP contribution in [0.1, 0.15) is 18.5 Å². The number of aryl methyl sites for hydroxylation is 1. The highest BCUT2D eigenvalue weighted by atomic mass is 19.4. The summed E-state index contributed by atoms with van der Waals surface area (Å²) in [6, 6.07) is 11.1. The lowest BCUT2D eigenvalue weighted by Crippen LogP contribution is -2.44. The van der Waals surface area contributed by atoms with E-state index in [0.29, 0.717) is 18.8 Å². The van der Waals surface area contributed by atoms with Crippen LogP contribution in [0.15, 0.2) is 36.4 Å². The number of piperidine rings is 1. The Morgan fingerprint density at radius 2 is 2.04 bits per heavy atom. The Labute approximate surface area is 149 Å². The van der Waals surface area contributed by atoms with Crippen LogP contribution in [0.4, 0.5) is 19.0 Å². The predicted octanol–water partition coefficient (Wildman–Crippen LogP) is 3.39. The summed E-state index contributed by atoms with van der Waals surface area (Å²) in [5.41, 5.74) is 1.53. The second-order valence-corrected chi connectivity index (χ2v) is 6.58. The van der Waals surface area contributed by atoms with Crippen molar-refractivity contribution in [2.45, 2.75) is 25.9 Å². The molecule has 1 aliphatic rings. The monoisotopic (exact) mass is 366 g/mol. The fourth-order valence-electron chi connectivity index (χ4n) is 3.21. The number of alkyl halides is 3. The molecule has 2 heterocycles. The number of anilines is 1. The maximum absolute atomic E-state index is 12.9. The molecule has 0 spiro atoms. The highest BCUT2D eigenvalue weighted by molar-refractivity contribution is 5.91. The minimum absolute atomic E-state index is 0.0639. The number of likely N-dealkylation sites (tertiary alicyclic amines) is 1. The molecule has 1 saturated heterocycles. The quantitative estimate of drug-likeness (QED) is 0.902. The molecule has 0 bridgehead atoms. The van der Waals surface area contributed by atoms with Gasteiger partial charge in [0.15, 0.2) is 0 Å². The van der Waals surface area contributed by atoms with E-state index in [9.17, 15) is 18.0 Å². The van der Waals surface area contributed by atoms with Crippen molar-refractivity contribution in [2.75, 3.05) is 25.0 Å². The number of para-hydroxylation sites is 1. The Kier molecular flexibility index (Phi) is 5.31. The number of hydrogen-bond donors (Lipinski definition) is 1. The van der Waals surface area contributed by atoms with Gasteiger partial charge in [-0.2, -0.15) is 18.3 Å². The van der Waals surface area contributed by atoms with Crippen molar-refractivity contribution < 1.29 is 18.0 Å². The summed E-state index contributed by atoms with van der Waals surface area (Å²) >= 11 is 0. The fraction of sp³-hybridized carbons (Fsp3) is 0.444. The molecule has 0 aliphatic carbocycles. The van der Waals surface area contributed by atoms with Gasteiger partial charge in [0.1, 0.15) is 5.82 Å². The molecule has 1 aliphatic heterocycles. The number of nitrogens with zero attached hydrogens (tertiary/aromatic N) is 3. The third kappa shape index (κ3) is 4.43. The molecule has 1 aromatic carbocycles. The number of nitrogens with one attached hydrogen (secondary N) is 1. The van der Waals surface area contributed by atoms with Gasteiger partial charge in [0, 0.05) is 12.6 Å². The van der Waals surface area contributed by atoms with E-state index in [1.165, 1.54) is 0 Å². The zero-order chi connectivity index (χ0) is 18.7. The topological polar surface area (TPSA) is 50.2 Å². The minimum Gasteiger partial charge on any atom is -0.309 e. The number of rotatable bonds is 4. The van der Waals surface area contributed by atoms with Crippen LogP contribution in [-0.4, -0.2) is 46.4 Å². The number of amides is 1. The highest BCUT2D eigenvalue weighted by Gasteiger charge is 2.41. The van der Waals surface area contributed by atoms with Crippen molar-refractivity contribution >= 4 is 11.7 Å². The van der Waals surface area contributed by atoms with E-state index < -0.39 is 12.1 Å². The second-order valence-electron chi connectivity index (χ2n) is 6.58. The maximum atomic E-state index is 12.9. The third-order valence-electron chi connectivity index (χ3n) is 4.44. The van der Waals surface area contributed by atoms with Crippen molar-refractivity contribution in [2.24, 2.45) is 5.92 Å². The minimum atomic E-state index is -4.21. The molecule has 1 fully saturated rings. The zero-order valence-electron chi connectivity index (χ0n) is 14.5. The summed E-state index contributed by atoms with van der Waals surface area (Å²) in [6.45, 7) is 2.12. The van der Waals surface area contributed by atoms with Crippen molar-refractivity contribution in [1.82, 2.24) is 14.7 Å². The first-order valence-corrected chi connectivity index (χ1v) is 8.54. The SMILES string of the molecule is Cc1cc(NC(=O)CN2CCCC(C(F)(F)F)C2)n(-c2ccccc2)n1. The molecule has 0 saturated carbocycles. The van der Waals surface area contributed by atoms with E-state index in [4.69, 9.17) is 0 Å². The molecule has 140 valence electrons. The van der Waals surface area contributed by atoms with Gasteiger partial charge in [0.25, 0.3) is 0 Å². The lowest BCUT2D eigenvalue weighted by atomic mass is 9.97. The van der Waals surface area contributed by atoms with Crippen LogP contribution < -0.4 is 5.32 Å². The van der Waals surface area contributed by atoms with E-state index in [2.05, 4.69) is 10.4 Å². The van der Waals surface area contributed by atoms with Crippen molar-refractivity contribution in [1.29, 1.82) is 0 Å². The van der Waals surface area contributed by atoms with Crippen LogP contribution in [-0.2, 0) is 4.79 Å². The van der Waals surface area contributed by atoms with Crippen molar-refractivity contribution in [3.05, 3.63) is 42.1 Å². The first kappa shape index (κ1) is 18.4. The molecular weight excluding hydrogens is 345 g/mol. The van der Waals surface area contributed by atoms with E-state index in [1.54, 1.807) is 15.6 Å². The van der Waals surface area contributed by atoms with Crippen LogP contribution in [0.5, 0.6) is 0 Å². The molecule has 1 atom stereocenters. The van der Waals surface area contributed by atoms with Crippen LogP contribution in [0.2, 0.25) is 0 Å². The van der Waals surface area contributed by atoms with Gasteiger partial charge >= 0.3 is 6.18 Å². The summed E-state index contributed by atoms with van der Waals surface area (Å²) in [7, 11) is 0. The number of halogens is 3. The lowest BCUT2D eigenvalue weighted by molar-refractivity contribution is -0.186. The first-order chi connectivity index (χ1) is 12.3.